The molecule has 1 aliphatic heterocycles. The second-order valence-corrected chi connectivity index (χ2v) is 3.14. The van der Waals surface area contributed by atoms with Gasteiger partial charge in [0.1, 0.15) is 12.4 Å². The maximum atomic E-state index is 5.50. The fourth-order valence-corrected chi connectivity index (χ4v) is 1.17. The third-order valence-electron chi connectivity index (χ3n) is 1.93. The molecular formula is C12H12O2. The summed E-state index contributed by atoms with van der Waals surface area (Å²) in [5.41, 5.74) is 1.22. The summed E-state index contributed by atoms with van der Waals surface area (Å²) in [5.74, 6) is 1.36. The summed E-state index contributed by atoms with van der Waals surface area (Å²) in [7, 11) is 0. The van der Waals surface area contributed by atoms with E-state index in [2.05, 4.69) is 0 Å². The first-order valence-electron chi connectivity index (χ1n) is 4.59. The lowest BCUT2D eigenvalue weighted by Crippen LogP contribution is -2.03. The molecule has 0 saturated heterocycles. The van der Waals surface area contributed by atoms with E-state index in [1.807, 2.05) is 49.4 Å². The minimum atomic E-state index is 0.552. The smallest absolute Gasteiger partial charge is 0.284 e. The van der Waals surface area contributed by atoms with Gasteiger partial charge in [0.05, 0.1) is 0 Å². The summed E-state index contributed by atoms with van der Waals surface area (Å²) in [4.78, 5) is 0. The monoisotopic (exact) mass is 188 g/mol. The van der Waals surface area contributed by atoms with Gasteiger partial charge >= 0.3 is 0 Å². The van der Waals surface area contributed by atoms with Gasteiger partial charge in [-0.05, 0) is 25.1 Å². The number of hydrogen-bond acceptors (Lipinski definition) is 2. The molecular weight excluding hydrogens is 176 g/mol. The van der Waals surface area contributed by atoms with Crippen molar-refractivity contribution in [3.63, 3.8) is 0 Å². The number of ether oxygens (including phenoxy) is 2. The molecule has 0 bridgehead atoms. The van der Waals surface area contributed by atoms with Crippen molar-refractivity contribution < 1.29 is 9.47 Å². The summed E-state index contributed by atoms with van der Waals surface area (Å²) in [5, 5.41) is 0. The normalized spacial score (nSPS) is 14.5. The van der Waals surface area contributed by atoms with Gasteiger partial charge in [-0.2, -0.15) is 0 Å². The molecule has 1 aliphatic rings. The minimum Gasteiger partial charge on any atom is -0.461 e. The van der Waals surface area contributed by atoms with Gasteiger partial charge in [-0.15, -0.1) is 0 Å². The van der Waals surface area contributed by atoms with Crippen LogP contribution in [0.4, 0.5) is 0 Å². The van der Waals surface area contributed by atoms with Crippen LogP contribution in [0.25, 0.3) is 0 Å². The average molecular weight is 188 g/mol. The van der Waals surface area contributed by atoms with E-state index in [9.17, 15) is 0 Å². The highest BCUT2D eigenvalue weighted by Gasteiger charge is 2.02. The zero-order chi connectivity index (χ0) is 9.80. The molecule has 72 valence electrons. The van der Waals surface area contributed by atoms with Crippen LogP contribution in [0.2, 0.25) is 0 Å². The summed E-state index contributed by atoms with van der Waals surface area (Å²) < 4.78 is 10.8. The van der Waals surface area contributed by atoms with Gasteiger partial charge in [-0.1, -0.05) is 23.8 Å². The lowest BCUT2D eigenvalue weighted by molar-refractivity contribution is 0.123. The molecule has 0 unspecified atom stereocenters. The second kappa shape index (κ2) is 4.01. The fraction of sp³-hybridized carbons (Fsp3) is 0.167. The van der Waals surface area contributed by atoms with Crippen LogP contribution < -0.4 is 4.74 Å². The molecule has 0 aliphatic carbocycles. The zero-order valence-corrected chi connectivity index (χ0v) is 8.07. The molecule has 0 amide bonds. The topological polar surface area (TPSA) is 18.5 Å². The van der Waals surface area contributed by atoms with E-state index < -0.39 is 0 Å². The van der Waals surface area contributed by atoms with E-state index in [1.54, 1.807) is 0 Å². The summed E-state index contributed by atoms with van der Waals surface area (Å²) in [6.07, 6.45) is 5.67. The van der Waals surface area contributed by atoms with E-state index in [0.717, 1.165) is 5.75 Å². The Morgan fingerprint density at radius 3 is 2.64 bits per heavy atom. The van der Waals surface area contributed by atoms with E-state index in [4.69, 9.17) is 9.47 Å². The lowest BCUT2D eigenvalue weighted by Gasteiger charge is -2.12. The van der Waals surface area contributed by atoms with Crippen LogP contribution >= 0.6 is 0 Å². The minimum absolute atomic E-state index is 0.552. The Morgan fingerprint density at radius 2 is 2.00 bits per heavy atom. The molecule has 2 nitrogen and oxygen atoms in total. The van der Waals surface area contributed by atoms with Gasteiger partial charge in [0.25, 0.3) is 5.95 Å². The van der Waals surface area contributed by atoms with Gasteiger partial charge in [0, 0.05) is 6.08 Å². The number of aryl methyl sites for hydroxylation is 1. The van der Waals surface area contributed by atoms with Gasteiger partial charge in [0.2, 0.25) is 0 Å². The first kappa shape index (κ1) is 8.88. The fourth-order valence-electron chi connectivity index (χ4n) is 1.17. The highest BCUT2D eigenvalue weighted by atomic mass is 16.7. The predicted molar refractivity (Wildman–Crippen MR) is 55.0 cm³/mol. The molecule has 0 N–H and O–H groups in total. The van der Waals surface area contributed by atoms with E-state index in [-0.39, 0.29) is 0 Å². The van der Waals surface area contributed by atoms with Crippen LogP contribution in [0.15, 0.2) is 48.4 Å². The molecule has 1 aromatic rings. The van der Waals surface area contributed by atoms with E-state index >= 15 is 0 Å². The van der Waals surface area contributed by atoms with Gasteiger partial charge in [-0.3, -0.25) is 0 Å². The Bertz CT molecular complexity index is 360. The summed E-state index contributed by atoms with van der Waals surface area (Å²) in [6, 6.07) is 7.87. The highest BCUT2D eigenvalue weighted by molar-refractivity contribution is 5.28. The maximum absolute atomic E-state index is 5.50. The average Bonchev–Trinajstić information content (AvgIpc) is 2.23. The standard InChI is InChI=1S/C12H12O2/c1-10-5-7-11(8-6-10)14-12-4-2-3-9-13-12/h2-8H,9H2,1H3. The van der Waals surface area contributed by atoms with Gasteiger partial charge in [0.15, 0.2) is 0 Å². The predicted octanol–water partition coefficient (Wildman–Crippen LogP) is 2.80. The quantitative estimate of drug-likeness (QED) is 0.710. The van der Waals surface area contributed by atoms with Crippen molar-refractivity contribution in [2.45, 2.75) is 6.92 Å². The van der Waals surface area contributed by atoms with Crippen molar-refractivity contribution in [2.75, 3.05) is 6.61 Å². The molecule has 0 spiro atoms. The first-order chi connectivity index (χ1) is 6.84. The molecule has 0 fully saturated rings. The highest BCUT2D eigenvalue weighted by Crippen LogP contribution is 2.16. The third kappa shape index (κ3) is 2.16. The van der Waals surface area contributed by atoms with E-state index in [1.165, 1.54) is 5.56 Å². The van der Waals surface area contributed by atoms with Crippen LogP contribution in [0, 0.1) is 6.92 Å². The molecule has 14 heavy (non-hydrogen) atoms. The Hall–Kier alpha value is -1.70. The largest absolute Gasteiger partial charge is 0.461 e. The number of hydrogen-bond donors (Lipinski definition) is 0. The van der Waals surface area contributed by atoms with Crippen molar-refractivity contribution in [2.24, 2.45) is 0 Å². The van der Waals surface area contributed by atoms with Crippen molar-refractivity contribution >= 4 is 0 Å². The molecule has 1 aromatic carbocycles. The Morgan fingerprint density at radius 1 is 1.21 bits per heavy atom. The molecule has 0 atom stereocenters. The molecule has 1 heterocycles. The third-order valence-corrected chi connectivity index (χ3v) is 1.93. The number of benzene rings is 1. The summed E-state index contributed by atoms with van der Waals surface area (Å²) >= 11 is 0. The van der Waals surface area contributed by atoms with Crippen molar-refractivity contribution in [3.8, 4) is 5.75 Å². The van der Waals surface area contributed by atoms with Crippen LogP contribution in [-0.4, -0.2) is 6.61 Å². The summed E-state index contributed by atoms with van der Waals surface area (Å²) in [6.45, 7) is 2.63. The molecule has 0 saturated carbocycles. The zero-order valence-electron chi connectivity index (χ0n) is 8.07. The Kier molecular flexibility index (Phi) is 2.54. The molecule has 0 aromatic heterocycles. The SMILES string of the molecule is Cc1ccc(OC2=CC=CCO2)cc1. The number of rotatable bonds is 2. The van der Waals surface area contributed by atoms with Crippen molar-refractivity contribution in [1.29, 1.82) is 0 Å². The molecule has 2 rings (SSSR count). The number of allylic oxidation sites excluding steroid dienone is 2. The lowest BCUT2D eigenvalue weighted by atomic mass is 10.2. The van der Waals surface area contributed by atoms with Crippen LogP contribution in [0.3, 0.4) is 0 Å². The van der Waals surface area contributed by atoms with Crippen molar-refractivity contribution in [3.05, 3.63) is 54.0 Å². The van der Waals surface area contributed by atoms with Gasteiger partial charge < -0.3 is 9.47 Å². The Labute approximate surface area is 83.5 Å². The second-order valence-electron chi connectivity index (χ2n) is 3.14. The van der Waals surface area contributed by atoms with Crippen molar-refractivity contribution in [1.82, 2.24) is 0 Å². The van der Waals surface area contributed by atoms with E-state index in [0.29, 0.717) is 12.6 Å². The van der Waals surface area contributed by atoms with Gasteiger partial charge in [-0.25, -0.2) is 0 Å². The van der Waals surface area contributed by atoms with Crippen LogP contribution in [-0.2, 0) is 4.74 Å². The van der Waals surface area contributed by atoms with Crippen LogP contribution in [0.1, 0.15) is 5.56 Å². The molecule has 0 radical (unpaired) electrons. The molecule has 2 heteroatoms. The maximum Gasteiger partial charge on any atom is 0.284 e. The van der Waals surface area contributed by atoms with Crippen LogP contribution in [0.5, 0.6) is 5.75 Å². The Balaban J connectivity index is 2.07. The first-order valence-corrected chi connectivity index (χ1v) is 4.59.